The van der Waals surface area contributed by atoms with Gasteiger partial charge in [0, 0.05) is 56.2 Å². The predicted octanol–water partition coefficient (Wildman–Crippen LogP) is 6.70. The topological polar surface area (TPSA) is 133 Å². The zero-order valence-electron chi connectivity index (χ0n) is 29.3. The molecule has 0 spiro atoms. The van der Waals surface area contributed by atoms with Gasteiger partial charge >= 0.3 is 0 Å². The lowest BCUT2D eigenvalue weighted by Crippen LogP contribution is -2.31. The van der Waals surface area contributed by atoms with Crippen molar-refractivity contribution >= 4 is 44.3 Å². The standard InChI is InChI=1S/C37H52N8O3S/c1-27-13-7-8-16-32(27)41-37-43-35(42-36(44-37)39-26-23-28-19-21-29(48-4)22-20-28)38-24-9-5-6-10-25-40-49(46,47)34-18-12-14-30-31(34)15-11-17-33(30)45(2)3/h11-12,14-15,17-22,27,32,40H,5-10,13,16,23-26H2,1-4H3,(H3,38,39,41,42,43,44). The van der Waals surface area contributed by atoms with Crippen molar-refractivity contribution in [1.29, 1.82) is 0 Å². The van der Waals surface area contributed by atoms with Crippen LogP contribution in [0.4, 0.5) is 23.5 Å². The van der Waals surface area contributed by atoms with Gasteiger partial charge in [0.15, 0.2) is 0 Å². The van der Waals surface area contributed by atoms with Crippen molar-refractivity contribution in [3.8, 4) is 5.75 Å². The van der Waals surface area contributed by atoms with E-state index < -0.39 is 10.0 Å². The Hall–Kier alpha value is -4.16. The first-order chi connectivity index (χ1) is 23.7. The van der Waals surface area contributed by atoms with Gasteiger partial charge in [-0.3, -0.25) is 0 Å². The molecule has 0 bridgehead atoms. The summed E-state index contributed by atoms with van der Waals surface area (Å²) in [6.07, 6.45) is 9.18. The van der Waals surface area contributed by atoms with Gasteiger partial charge in [-0.1, -0.05) is 69.0 Å². The largest absolute Gasteiger partial charge is 0.497 e. The lowest BCUT2D eigenvalue weighted by molar-refractivity contribution is 0.348. The molecule has 3 aromatic carbocycles. The minimum atomic E-state index is -3.63. The summed E-state index contributed by atoms with van der Waals surface area (Å²) in [6.45, 7) is 4.09. The third kappa shape index (κ3) is 10.2. The molecular formula is C37H52N8O3S. The van der Waals surface area contributed by atoms with Gasteiger partial charge in [-0.05, 0) is 67.9 Å². The Bertz CT molecular complexity index is 1750. The molecule has 4 N–H and O–H groups in total. The van der Waals surface area contributed by atoms with Crippen LogP contribution >= 0.6 is 0 Å². The molecule has 4 aromatic rings. The van der Waals surface area contributed by atoms with Crippen LogP contribution in [0, 0.1) is 5.92 Å². The maximum atomic E-state index is 13.2. The number of nitrogens with one attached hydrogen (secondary N) is 4. The fourth-order valence-electron chi connectivity index (χ4n) is 6.38. The number of hydrogen-bond donors (Lipinski definition) is 4. The first-order valence-corrected chi connectivity index (χ1v) is 19.0. The van der Waals surface area contributed by atoms with Crippen LogP contribution in [0.5, 0.6) is 5.75 Å². The van der Waals surface area contributed by atoms with E-state index in [1.54, 1.807) is 19.2 Å². The van der Waals surface area contributed by atoms with E-state index in [9.17, 15) is 8.42 Å². The van der Waals surface area contributed by atoms with Gasteiger partial charge in [0.2, 0.25) is 27.9 Å². The van der Waals surface area contributed by atoms with Crippen LogP contribution in [-0.2, 0) is 16.4 Å². The molecule has 0 radical (unpaired) electrons. The number of hydrogen-bond acceptors (Lipinski definition) is 10. The molecule has 5 rings (SSSR count). The molecule has 264 valence electrons. The van der Waals surface area contributed by atoms with Gasteiger partial charge in [-0.15, -0.1) is 0 Å². The number of benzene rings is 3. The summed E-state index contributed by atoms with van der Waals surface area (Å²) in [6, 6.07) is 19.6. The highest BCUT2D eigenvalue weighted by atomic mass is 32.2. The van der Waals surface area contributed by atoms with Crippen molar-refractivity contribution in [2.75, 3.05) is 61.7 Å². The Morgan fingerprint density at radius 3 is 2.14 bits per heavy atom. The summed E-state index contributed by atoms with van der Waals surface area (Å²) < 4.78 is 34.5. The second-order valence-corrected chi connectivity index (χ2v) is 14.8. The summed E-state index contributed by atoms with van der Waals surface area (Å²) in [5, 5.41) is 12.0. The lowest BCUT2D eigenvalue weighted by atomic mass is 9.86. The van der Waals surface area contributed by atoms with Crippen LogP contribution in [0.1, 0.15) is 63.9 Å². The molecule has 1 aliphatic carbocycles. The fourth-order valence-corrected chi connectivity index (χ4v) is 7.68. The zero-order valence-corrected chi connectivity index (χ0v) is 30.2. The summed E-state index contributed by atoms with van der Waals surface area (Å²) in [5.41, 5.74) is 2.19. The van der Waals surface area contributed by atoms with E-state index in [2.05, 4.69) is 44.7 Å². The van der Waals surface area contributed by atoms with Gasteiger partial charge in [0.1, 0.15) is 5.75 Å². The average molecular weight is 689 g/mol. The number of fused-ring (bicyclic) bond motifs is 1. The number of unbranched alkanes of at least 4 members (excludes halogenated alkanes) is 3. The van der Waals surface area contributed by atoms with Gasteiger partial charge in [-0.2, -0.15) is 15.0 Å². The quantitative estimate of drug-likeness (QED) is 0.0838. The summed E-state index contributed by atoms with van der Waals surface area (Å²) in [5.74, 6) is 3.11. The van der Waals surface area contributed by atoms with E-state index in [4.69, 9.17) is 14.7 Å². The second kappa shape index (κ2) is 17.5. The highest BCUT2D eigenvalue weighted by Gasteiger charge is 2.22. The first-order valence-electron chi connectivity index (χ1n) is 17.6. The molecule has 2 atom stereocenters. The highest BCUT2D eigenvalue weighted by Crippen LogP contribution is 2.30. The van der Waals surface area contributed by atoms with E-state index in [1.807, 2.05) is 55.4 Å². The molecule has 1 fully saturated rings. The number of sulfonamides is 1. The first kappa shape index (κ1) is 36.1. The molecule has 2 unspecified atom stereocenters. The van der Waals surface area contributed by atoms with Crippen molar-refractivity contribution in [2.45, 2.75) is 75.6 Å². The molecule has 11 nitrogen and oxygen atoms in total. The fraction of sp³-hybridized carbons (Fsp3) is 0.486. The van der Waals surface area contributed by atoms with Crippen molar-refractivity contribution in [2.24, 2.45) is 5.92 Å². The predicted molar refractivity (Wildman–Crippen MR) is 200 cm³/mol. The molecule has 1 heterocycles. The van der Waals surface area contributed by atoms with Crippen molar-refractivity contribution in [1.82, 2.24) is 19.7 Å². The highest BCUT2D eigenvalue weighted by molar-refractivity contribution is 7.89. The van der Waals surface area contributed by atoms with Crippen molar-refractivity contribution < 1.29 is 13.2 Å². The number of ether oxygens (including phenoxy) is 1. The molecule has 12 heteroatoms. The third-order valence-corrected chi connectivity index (χ3v) is 10.7. The van der Waals surface area contributed by atoms with E-state index in [0.29, 0.717) is 54.3 Å². The molecular weight excluding hydrogens is 637 g/mol. The second-order valence-electron chi connectivity index (χ2n) is 13.1. The Morgan fingerprint density at radius 1 is 0.776 bits per heavy atom. The third-order valence-electron chi connectivity index (χ3n) is 9.23. The Morgan fingerprint density at radius 2 is 1.43 bits per heavy atom. The van der Waals surface area contributed by atoms with Crippen LogP contribution < -0.4 is 30.3 Å². The maximum absolute atomic E-state index is 13.2. The van der Waals surface area contributed by atoms with Crippen LogP contribution in [0.25, 0.3) is 10.8 Å². The minimum Gasteiger partial charge on any atom is -0.497 e. The smallest absolute Gasteiger partial charge is 0.241 e. The Balaban J connectivity index is 1.09. The van der Waals surface area contributed by atoms with Crippen LogP contribution in [0.3, 0.4) is 0 Å². The number of nitrogens with zero attached hydrogens (tertiary/aromatic N) is 4. The summed E-state index contributed by atoms with van der Waals surface area (Å²) in [7, 11) is 1.96. The number of methoxy groups -OCH3 is 1. The van der Waals surface area contributed by atoms with Gasteiger partial charge < -0.3 is 25.6 Å². The number of aromatic nitrogens is 3. The van der Waals surface area contributed by atoms with E-state index >= 15 is 0 Å². The maximum Gasteiger partial charge on any atom is 0.241 e. The SMILES string of the molecule is COc1ccc(CCNc2nc(NCCCCCCNS(=O)(=O)c3cccc4c(N(C)C)cccc34)nc(NC3CCCCC3C)n2)cc1. The lowest BCUT2D eigenvalue weighted by Gasteiger charge is -2.29. The van der Waals surface area contributed by atoms with Crippen LogP contribution in [0.15, 0.2) is 65.6 Å². The number of anilines is 4. The molecule has 1 aliphatic rings. The normalized spacial score (nSPS) is 16.3. The van der Waals surface area contributed by atoms with E-state index in [-0.39, 0.29) is 0 Å². The zero-order chi connectivity index (χ0) is 34.6. The van der Waals surface area contributed by atoms with Crippen LogP contribution in [-0.4, -0.2) is 70.3 Å². The summed E-state index contributed by atoms with van der Waals surface area (Å²) >= 11 is 0. The molecule has 0 amide bonds. The van der Waals surface area contributed by atoms with E-state index in [0.717, 1.165) is 60.7 Å². The molecule has 0 saturated heterocycles. The van der Waals surface area contributed by atoms with Gasteiger partial charge in [0.25, 0.3) is 0 Å². The summed E-state index contributed by atoms with van der Waals surface area (Å²) in [4.78, 5) is 16.4. The molecule has 1 saturated carbocycles. The Kier molecular flexibility index (Phi) is 12.9. The van der Waals surface area contributed by atoms with Crippen LogP contribution in [0.2, 0.25) is 0 Å². The van der Waals surface area contributed by atoms with Gasteiger partial charge in [-0.25, -0.2) is 13.1 Å². The molecule has 49 heavy (non-hydrogen) atoms. The minimum absolute atomic E-state index is 0.316. The monoisotopic (exact) mass is 688 g/mol. The number of rotatable bonds is 18. The van der Waals surface area contributed by atoms with E-state index in [1.165, 1.54) is 24.8 Å². The Labute approximate surface area is 291 Å². The average Bonchev–Trinajstić information content (AvgIpc) is 3.10. The molecule has 1 aromatic heterocycles. The molecule has 0 aliphatic heterocycles. The van der Waals surface area contributed by atoms with Gasteiger partial charge in [0.05, 0.1) is 12.0 Å². The van der Waals surface area contributed by atoms with Crippen molar-refractivity contribution in [3.63, 3.8) is 0 Å². The van der Waals surface area contributed by atoms with Crippen molar-refractivity contribution in [3.05, 3.63) is 66.2 Å².